The fourth-order valence-corrected chi connectivity index (χ4v) is 2.72. The van der Waals surface area contributed by atoms with Crippen LogP contribution < -0.4 is 15.5 Å². The number of carbonyl (C=O) groups excluding carboxylic acids is 2. The summed E-state index contributed by atoms with van der Waals surface area (Å²) in [5.74, 6) is -1.65. The minimum atomic E-state index is -0.713. The van der Waals surface area contributed by atoms with E-state index in [0.717, 1.165) is 18.2 Å². The molecule has 9 heteroatoms. The number of urea groups is 1. The molecule has 0 aliphatic carbocycles. The Morgan fingerprint density at radius 1 is 1.32 bits per heavy atom. The lowest BCUT2D eigenvalue weighted by Crippen LogP contribution is -2.45. The van der Waals surface area contributed by atoms with Crippen molar-refractivity contribution in [3.63, 3.8) is 0 Å². The first-order chi connectivity index (χ1) is 11.9. The first-order valence-electron chi connectivity index (χ1n) is 7.72. The molecule has 0 saturated carbocycles. The summed E-state index contributed by atoms with van der Waals surface area (Å²) in [6, 6.07) is 1.80. The molecule has 1 fully saturated rings. The Balaban J connectivity index is 1.54. The van der Waals surface area contributed by atoms with Crippen molar-refractivity contribution >= 4 is 17.6 Å². The first-order valence-corrected chi connectivity index (χ1v) is 7.72. The van der Waals surface area contributed by atoms with Crippen LogP contribution >= 0.6 is 0 Å². The summed E-state index contributed by atoms with van der Waals surface area (Å²) in [6.45, 7) is 0.429. The molecule has 1 saturated heterocycles. The van der Waals surface area contributed by atoms with E-state index in [9.17, 15) is 18.4 Å². The second kappa shape index (κ2) is 6.88. The van der Waals surface area contributed by atoms with Crippen molar-refractivity contribution in [3.05, 3.63) is 47.8 Å². The van der Waals surface area contributed by atoms with Gasteiger partial charge in [-0.1, -0.05) is 0 Å². The summed E-state index contributed by atoms with van der Waals surface area (Å²) >= 11 is 0. The van der Waals surface area contributed by atoms with Crippen LogP contribution in [0.3, 0.4) is 0 Å². The Morgan fingerprint density at radius 3 is 2.68 bits per heavy atom. The highest BCUT2D eigenvalue weighted by Crippen LogP contribution is 2.20. The minimum Gasteiger partial charge on any atom is -0.334 e. The van der Waals surface area contributed by atoms with Gasteiger partial charge in [0.1, 0.15) is 17.7 Å². The summed E-state index contributed by atoms with van der Waals surface area (Å²) < 4.78 is 27.8. The number of aryl methyl sites for hydroxylation is 1. The lowest BCUT2D eigenvalue weighted by atomic mass is 10.2. The van der Waals surface area contributed by atoms with Crippen LogP contribution in [0.4, 0.5) is 19.3 Å². The average molecular weight is 349 g/mol. The van der Waals surface area contributed by atoms with Crippen LogP contribution in [0.5, 0.6) is 0 Å². The molecule has 3 rings (SSSR count). The van der Waals surface area contributed by atoms with Gasteiger partial charge in [0, 0.05) is 32.4 Å². The lowest BCUT2D eigenvalue weighted by molar-refractivity contribution is -0.118. The molecular weight excluding hydrogens is 332 g/mol. The number of halogens is 2. The van der Waals surface area contributed by atoms with Gasteiger partial charge in [-0.2, -0.15) is 5.10 Å². The molecule has 3 amide bonds. The smallest absolute Gasteiger partial charge is 0.315 e. The van der Waals surface area contributed by atoms with E-state index in [2.05, 4.69) is 15.7 Å². The second-order valence-corrected chi connectivity index (χ2v) is 5.81. The Labute approximate surface area is 142 Å². The zero-order valence-electron chi connectivity index (χ0n) is 13.5. The molecule has 1 aliphatic heterocycles. The lowest BCUT2D eigenvalue weighted by Gasteiger charge is -2.15. The molecule has 7 nitrogen and oxygen atoms in total. The maximum atomic E-state index is 13.1. The highest BCUT2D eigenvalue weighted by Gasteiger charge is 2.34. The number of rotatable bonds is 4. The van der Waals surface area contributed by atoms with Gasteiger partial charge in [-0.05, 0) is 24.1 Å². The summed E-state index contributed by atoms with van der Waals surface area (Å²) in [5.41, 5.74) is 0.967. The molecule has 0 unspecified atom stereocenters. The van der Waals surface area contributed by atoms with Crippen LogP contribution in [0.2, 0.25) is 0 Å². The summed E-state index contributed by atoms with van der Waals surface area (Å²) in [7, 11) is 1.75. The van der Waals surface area contributed by atoms with E-state index in [0.29, 0.717) is 24.2 Å². The fourth-order valence-electron chi connectivity index (χ4n) is 2.72. The fraction of sp³-hybridized carbons (Fsp3) is 0.312. The number of hydrogen-bond donors (Lipinski definition) is 2. The first kappa shape index (κ1) is 16.9. The highest BCUT2D eigenvalue weighted by molar-refractivity contribution is 6.01. The van der Waals surface area contributed by atoms with Crippen LogP contribution in [-0.2, 0) is 18.4 Å². The SMILES string of the molecule is Cn1cc(N2CC[C@@H](NC(=O)NCc3cc(F)cc(F)c3)C2=O)cn1. The molecular formula is C16H17F2N5O2. The van der Waals surface area contributed by atoms with Gasteiger partial charge in [0.25, 0.3) is 0 Å². The Bertz CT molecular complexity index is 787. The van der Waals surface area contributed by atoms with Crippen LogP contribution in [0.1, 0.15) is 12.0 Å². The predicted octanol–water partition coefficient (Wildman–Crippen LogP) is 1.30. The predicted molar refractivity (Wildman–Crippen MR) is 85.7 cm³/mol. The maximum Gasteiger partial charge on any atom is 0.315 e. The minimum absolute atomic E-state index is 0.0479. The van der Waals surface area contributed by atoms with E-state index >= 15 is 0 Å². The van der Waals surface area contributed by atoms with Gasteiger partial charge in [-0.15, -0.1) is 0 Å². The number of nitrogens with one attached hydrogen (secondary N) is 2. The quantitative estimate of drug-likeness (QED) is 0.873. The van der Waals surface area contributed by atoms with Gasteiger partial charge in [0.05, 0.1) is 11.9 Å². The van der Waals surface area contributed by atoms with E-state index in [1.165, 1.54) is 0 Å². The van der Waals surface area contributed by atoms with Crippen molar-refractivity contribution in [1.82, 2.24) is 20.4 Å². The van der Waals surface area contributed by atoms with Crippen molar-refractivity contribution in [2.45, 2.75) is 19.0 Å². The Morgan fingerprint density at radius 2 is 2.04 bits per heavy atom. The molecule has 2 N–H and O–H groups in total. The Hall–Kier alpha value is -2.97. The molecule has 132 valence electrons. The van der Waals surface area contributed by atoms with Crippen molar-refractivity contribution in [2.24, 2.45) is 7.05 Å². The van der Waals surface area contributed by atoms with Gasteiger partial charge in [-0.3, -0.25) is 9.48 Å². The summed E-state index contributed by atoms with van der Waals surface area (Å²) in [4.78, 5) is 25.9. The number of nitrogens with zero attached hydrogens (tertiary/aromatic N) is 3. The molecule has 0 bridgehead atoms. The summed E-state index contributed by atoms with van der Waals surface area (Å²) in [5, 5.41) is 9.09. The van der Waals surface area contributed by atoms with Crippen LogP contribution in [0.15, 0.2) is 30.6 Å². The number of hydrogen-bond acceptors (Lipinski definition) is 3. The average Bonchev–Trinajstić information content (AvgIpc) is 3.11. The number of carbonyl (C=O) groups is 2. The zero-order chi connectivity index (χ0) is 18.0. The van der Waals surface area contributed by atoms with Gasteiger partial charge in [-0.25, -0.2) is 13.6 Å². The molecule has 2 aromatic rings. The molecule has 1 aliphatic rings. The molecule has 1 aromatic carbocycles. The number of benzene rings is 1. The monoisotopic (exact) mass is 349 g/mol. The van der Waals surface area contributed by atoms with E-state index in [1.807, 2.05) is 0 Å². The third-order valence-corrected chi connectivity index (χ3v) is 3.89. The third kappa shape index (κ3) is 3.93. The topological polar surface area (TPSA) is 79.3 Å². The zero-order valence-corrected chi connectivity index (χ0v) is 13.5. The highest BCUT2D eigenvalue weighted by atomic mass is 19.1. The van der Waals surface area contributed by atoms with Crippen LogP contribution in [0, 0.1) is 11.6 Å². The molecule has 0 spiro atoms. The molecule has 25 heavy (non-hydrogen) atoms. The molecule has 2 heterocycles. The second-order valence-electron chi connectivity index (χ2n) is 5.81. The van der Waals surface area contributed by atoms with Gasteiger partial charge in [0.15, 0.2) is 0 Å². The normalized spacial score (nSPS) is 17.0. The van der Waals surface area contributed by atoms with Crippen molar-refractivity contribution in [2.75, 3.05) is 11.4 Å². The standard InChI is InChI=1S/C16H17F2N5O2/c1-22-9-13(8-20-22)23-3-2-14(15(23)24)21-16(25)19-7-10-4-11(17)6-12(18)5-10/h4-6,8-9,14H,2-3,7H2,1H3,(H2,19,21,25)/t14-/m1/s1. The summed E-state index contributed by atoms with van der Waals surface area (Å²) in [6.07, 6.45) is 3.77. The van der Waals surface area contributed by atoms with Crippen molar-refractivity contribution in [3.8, 4) is 0 Å². The molecule has 0 radical (unpaired) electrons. The number of amides is 3. The third-order valence-electron chi connectivity index (χ3n) is 3.89. The van der Waals surface area contributed by atoms with E-state index in [-0.39, 0.29) is 12.5 Å². The van der Waals surface area contributed by atoms with Gasteiger partial charge < -0.3 is 15.5 Å². The van der Waals surface area contributed by atoms with E-state index in [4.69, 9.17) is 0 Å². The largest absolute Gasteiger partial charge is 0.334 e. The van der Waals surface area contributed by atoms with Crippen LogP contribution in [0.25, 0.3) is 0 Å². The maximum absolute atomic E-state index is 13.1. The molecule has 1 atom stereocenters. The number of aromatic nitrogens is 2. The van der Waals surface area contributed by atoms with Gasteiger partial charge in [0.2, 0.25) is 5.91 Å². The van der Waals surface area contributed by atoms with Crippen LogP contribution in [-0.4, -0.2) is 34.3 Å². The molecule has 1 aromatic heterocycles. The van der Waals surface area contributed by atoms with Gasteiger partial charge >= 0.3 is 6.03 Å². The van der Waals surface area contributed by atoms with E-state index in [1.54, 1.807) is 29.0 Å². The van der Waals surface area contributed by atoms with E-state index < -0.39 is 23.7 Å². The van der Waals surface area contributed by atoms with Crippen molar-refractivity contribution in [1.29, 1.82) is 0 Å². The number of anilines is 1. The van der Waals surface area contributed by atoms with Crippen molar-refractivity contribution < 1.29 is 18.4 Å². The Kier molecular flexibility index (Phi) is 4.64.